The van der Waals surface area contributed by atoms with Crippen LogP contribution in [0.25, 0.3) is 0 Å². The first kappa shape index (κ1) is 14.6. The standard InChI is InChI=1S/C12H17N3O2S/c1-9(2)12(8-14)15-18(16,17)11-5-3-4-10(6-11)7-13/h3-6,9,12,15H,8,14H2,1-2H3. The molecule has 1 rings (SSSR count). The summed E-state index contributed by atoms with van der Waals surface area (Å²) in [5.41, 5.74) is 5.85. The minimum atomic E-state index is -3.63. The summed E-state index contributed by atoms with van der Waals surface area (Å²) in [6.45, 7) is 4.02. The molecule has 0 aliphatic heterocycles. The summed E-state index contributed by atoms with van der Waals surface area (Å²) >= 11 is 0. The Morgan fingerprint density at radius 1 is 1.44 bits per heavy atom. The molecule has 0 amide bonds. The Morgan fingerprint density at radius 2 is 2.11 bits per heavy atom. The van der Waals surface area contributed by atoms with Crippen LogP contribution in [0.2, 0.25) is 0 Å². The van der Waals surface area contributed by atoms with Crippen molar-refractivity contribution < 1.29 is 8.42 Å². The predicted octanol–water partition coefficient (Wildman–Crippen LogP) is 0.820. The molecular weight excluding hydrogens is 250 g/mol. The van der Waals surface area contributed by atoms with Gasteiger partial charge in [0.15, 0.2) is 0 Å². The van der Waals surface area contributed by atoms with Gasteiger partial charge in [0, 0.05) is 12.6 Å². The average molecular weight is 267 g/mol. The van der Waals surface area contributed by atoms with Crippen molar-refractivity contribution in [3.63, 3.8) is 0 Å². The molecule has 1 aromatic carbocycles. The fourth-order valence-electron chi connectivity index (χ4n) is 1.46. The molecule has 0 saturated carbocycles. The lowest BCUT2D eigenvalue weighted by atomic mass is 10.1. The highest BCUT2D eigenvalue weighted by Gasteiger charge is 2.21. The minimum absolute atomic E-state index is 0.0839. The Hall–Kier alpha value is -1.42. The van der Waals surface area contributed by atoms with Gasteiger partial charge < -0.3 is 5.73 Å². The maximum absolute atomic E-state index is 12.1. The van der Waals surface area contributed by atoms with Crippen LogP contribution in [0.4, 0.5) is 0 Å². The number of sulfonamides is 1. The van der Waals surface area contributed by atoms with Crippen molar-refractivity contribution in [2.24, 2.45) is 11.7 Å². The molecule has 0 fully saturated rings. The van der Waals surface area contributed by atoms with Gasteiger partial charge in [0.1, 0.15) is 0 Å². The van der Waals surface area contributed by atoms with E-state index in [9.17, 15) is 8.42 Å². The molecule has 0 aromatic heterocycles. The van der Waals surface area contributed by atoms with E-state index in [0.29, 0.717) is 5.56 Å². The molecule has 0 aliphatic rings. The molecule has 18 heavy (non-hydrogen) atoms. The normalized spacial score (nSPS) is 13.3. The number of hydrogen-bond donors (Lipinski definition) is 2. The van der Waals surface area contributed by atoms with E-state index in [1.165, 1.54) is 12.1 Å². The number of nitrogens with one attached hydrogen (secondary N) is 1. The third kappa shape index (κ3) is 3.53. The summed E-state index contributed by atoms with van der Waals surface area (Å²) in [5.74, 6) is 0.101. The van der Waals surface area contributed by atoms with Crippen LogP contribution in [0.15, 0.2) is 29.2 Å². The van der Waals surface area contributed by atoms with Crippen molar-refractivity contribution in [2.75, 3.05) is 6.54 Å². The Labute approximate surface area is 108 Å². The number of nitriles is 1. The summed E-state index contributed by atoms with van der Waals surface area (Å²) in [5, 5.41) is 8.76. The number of hydrogen-bond acceptors (Lipinski definition) is 4. The van der Waals surface area contributed by atoms with Gasteiger partial charge in [-0.25, -0.2) is 13.1 Å². The van der Waals surface area contributed by atoms with Crippen LogP contribution >= 0.6 is 0 Å². The molecule has 0 radical (unpaired) electrons. The lowest BCUT2D eigenvalue weighted by Gasteiger charge is -2.20. The second kappa shape index (κ2) is 5.96. The molecule has 1 unspecified atom stereocenters. The molecule has 1 aromatic rings. The second-order valence-electron chi connectivity index (χ2n) is 4.35. The number of rotatable bonds is 5. The highest BCUT2D eigenvalue weighted by molar-refractivity contribution is 7.89. The quantitative estimate of drug-likeness (QED) is 0.825. The monoisotopic (exact) mass is 267 g/mol. The van der Waals surface area contributed by atoms with Gasteiger partial charge in [0.25, 0.3) is 0 Å². The van der Waals surface area contributed by atoms with Crippen LogP contribution in [0.5, 0.6) is 0 Å². The van der Waals surface area contributed by atoms with Gasteiger partial charge in [0.05, 0.1) is 16.5 Å². The number of nitrogens with zero attached hydrogens (tertiary/aromatic N) is 1. The Bertz CT molecular complexity index is 547. The molecule has 0 saturated heterocycles. The lowest BCUT2D eigenvalue weighted by molar-refractivity contribution is 0.455. The van der Waals surface area contributed by atoms with Gasteiger partial charge in [-0.1, -0.05) is 19.9 Å². The van der Waals surface area contributed by atoms with Crippen molar-refractivity contribution >= 4 is 10.0 Å². The predicted molar refractivity (Wildman–Crippen MR) is 69.2 cm³/mol. The maximum atomic E-state index is 12.1. The highest BCUT2D eigenvalue weighted by Crippen LogP contribution is 2.13. The first-order chi connectivity index (χ1) is 8.40. The molecule has 98 valence electrons. The zero-order valence-corrected chi connectivity index (χ0v) is 11.2. The smallest absolute Gasteiger partial charge is 0.240 e. The third-order valence-electron chi connectivity index (χ3n) is 2.64. The van der Waals surface area contributed by atoms with E-state index in [2.05, 4.69) is 4.72 Å². The molecule has 3 N–H and O–H groups in total. The van der Waals surface area contributed by atoms with E-state index in [-0.39, 0.29) is 23.4 Å². The van der Waals surface area contributed by atoms with E-state index >= 15 is 0 Å². The molecule has 6 heteroatoms. The Kier molecular flexibility index (Phi) is 4.84. The third-order valence-corrected chi connectivity index (χ3v) is 4.13. The Morgan fingerprint density at radius 3 is 2.61 bits per heavy atom. The van der Waals surface area contributed by atoms with Crippen molar-refractivity contribution in [3.05, 3.63) is 29.8 Å². The highest BCUT2D eigenvalue weighted by atomic mass is 32.2. The van der Waals surface area contributed by atoms with Gasteiger partial charge in [-0.15, -0.1) is 0 Å². The molecule has 1 atom stereocenters. The molecule has 0 spiro atoms. The topological polar surface area (TPSA) is 96.0 Å². The molecule has 0 aliphatic carbocycles. The van der Waals surface area contributed by atoms with E-state index in [1.54, 1.807) is 12.1 Å². The van der Waals surface area contributed by atoms with Crippen molar-refractivity contribution in [2.45, 2.75) is 24.8 Å². The van der Waals surface area contributed by atoms with Crippen LogP contribution in [0.1, 0.15) is 19.4 Å². The van der Waals surface area contributed by atoms with Crippen LogP contribution in [-0.4, -0.2) is 21.0 Å². The van der Waals surface area contributed by atoms with Crippen LogP contribution in [0.3, 0.4) is 0 Å². The van der Waals surface area contributed by atoms with Crippen molar-refractivity contribution in [3.8, 4) is 6.07 Å². The SMILES string of the molecule is CC(C)C(CN)NS(=O)(=O)c1cccc(C#N)c1. The van der Waals surface area contributed by atoms with E-state index in [0.717, 1.165) is 0 Å². The van der Waals surface area contributed by atoms with Crippen LogP contribution in [0, 0.1) is 17.2 Å². The van der Waals surface area contributed by atoms with E-state index in [4.69, 9.17) is 11.0 Å². The molecule has 5 nitrogen and oxygen atoms in total. The lowest BCUT2D eigenvalue weighted by Crippen LogP contribution is -2.43. The summed E-state index contributed by atoms with van der Waals surface area (Å²) in [6.07, 6.45) is 0. The summed E-state index contributed by atoms with van der Waals surface area (Å²) in [7, 11) is -3.63. The molecule has 0 bridgehead atoms. The largest absolute Gasteiger partial charge is 0.329 e. The molecular formula is C12H17N3O2S. The van der Waals surface area contributed by atoms with Gasteiger partial charge >= 0.3 is 0 Å². The van der Waals surface area contributed by atoms with Crippen LogP contribution in [-0.2, 0) is 10.0 Å². The van der Waals surface area contributed by atoms with Gasteiger partial charge in [-0.05, 0) is 24.1 Å². The first-order valence-corrected chi connectivity index (χ1v) is 7.11. The minimum Gasteiger partial charge on any atom is -0.329 e. The zero-order valence-electron chi connectivity index (χ0n) is 10.4. The summed E-state index contributed by atoms with van der Waals surface area (Å²) in [6, 6.07) is 7.49. The zero-order chi connectivity index (χ0) is 13.8. The summed E-state index contributed by atoms with van der Waals surface area (Å²) < 4.78 is 26.7. The average Bonchev–Trinajstić information content (AvgIpc) is 2.35. The van der Waals surface area contributed by atoms with E-state index in [1.807, 2.05) is 19.9 Å². The van der Waals surface area contributed by atoms with Crippen LogP contribution < -0.4 is 10.5 Å². The van der Waals surface area contributed by atoms with E-state index < -0.39 is 10.0 Å². The first-order valence-electron chi connectivity index (χ1n) is 5.63. The number of nitrogens with two attached hydrogens (primary N) is 1. The fourth-order valence-corrected chi connectivity index (χ4v) is 2.90. The molecule has 0 heterocycles. The van der Waals surface area contributed by atoms with Gasteiger partial charge in [-0.2, -0.15) is 5.26 Å². The Balaban J connectivity index is 3.03. The maximum Gasteiger partial charge on any atom is 0.240 e. The number of benzene rings is 1. The second-order valence-corrected chi connectivity index (χ2v) is 6.06. The van der Waals surface area contributed by atoms with Crippen molar-refractivity contribution in [1.82, 2.24) is 4.72 Å². The van der Waals surface area contributed by atoms with Gasteiger partial charge in [-0.3, -0.25) is 0 Å². The summed E-state index contributed by atoms with van der Waals surface area (Å²) in [4.78, 5) is 0.0839. The fraction of sp³-hybridized carbons (Fsp3) is 0.417. The van der Waals surface area contributed by atoms with Crippen molar-refractivity contribution in [1.29, 1.82) is 5.26 Å². The van der Waals surface area contributed by atoms with Gasteiger partial charge in [0.2, 0.25) is 10.0 Å².